The lowest BCUT2D eigenvalue weighted by Gasteiger charge is -2.12. The smallest absolute Gasteiger partial charge is 0.321 e. The maximum atomic E-state index is 12.9. The van der Waals surface area contributed by atoms with Crippen LogP contribution in [0.3, 0.4) is 0 Å². The highest BCUT2D eigenvalue weighted by Gasteiger charge is 2.35. The van der Waals surface area contributed by atoms with E-state index in [4.69, 9.17) is 0 Å². The number of hydrogen-bond donors (Lipinski definition) is 1. The number of benzene rings is 1. The van der Waals surface area contributed by atoms with Crippen molar-refractivity contribution in [3.8, 4) is 0 Å². The molecular formula is C12H7BrF3NOS. The van der Waals surface area contributed by atoms with Crippen LogP contribution in [0.1, 0.15) is 15.9 Å². The van der Waals surface area contributed by atoms with Gasteiger partial charge < -0.3 is 5.32 Å². The Labute approximate surface area is 119 Å². The first-order valence-corrected chi connectivity index (χ1v) is 6.82. The predicted octanol–water partition coefficient (Wildman–Crippen LogP) is 4.78. The average molecular weight is 350 g/mol. The summed E-state index contributed by atoms with van der Waals surface area (Å²) in [4.78, 5) is 11.9. The molecule has 0 saturated heterocycles. The number of halogens is 4. The van der Waals surface area contributed by atoms with Gasteiger partial charge in [0.1, 0.15) is 0 Å². The molecule has 2 nitrogen and oxygen atoms in total. The Bertz CT molecular complexity index is 596. The van der Waals surface area contributed by atoms with Gasteiger partial charge >= 0.3 is 6.18 Å². The van der Waals surface area contributed by atoms with Crippen molar-refractivity contribution >= 4 is 38.9 Å². The van der Waals surface area contributed by atoms with Gasteiger partial charge in [0.15, 0.2) is 0 Å². The Balaban J connectivity index is 2.36. The maximum Gasteiger partial charge on any atom is 0.417 e. The van der Waals surface area contributed by atoms with Crippen LogP contribution in [-0.2, 0) is 6.18 Å². The molecule has 0 unspecified atom stereocenters. The largest absolute Gasteiger partial charge is 0.417 e. The number of amides is 1. The third kappa shape index (κ3) is 3.36. The molecule has 1 N–H and O–H groups in total. The highest BCUT2D eigenvalue weighted by atomic mass is 79.9. The van der Waals surface area contributed by atoms with Gasteiger partial charge in [-0.2, -0.15) is 24.5 Å². The van der Waals surface area contributed by atoms with E-state index in [1.165, 1.54) is 17.4 Å². The van der Waals surface area contributed by atoms with Gasteiger partial charge in [-0.1, -0.05) is 15.9 Å². The molecule has 0 atom stereocenters. The van der Waals surface area contributed by atoms with Gasteiger partial charge in [0.05, 0.1) is 16.8 Å². The van der Waals surface area contributed by atoms with Crippen molar-refractivity contribution in [1.29, 1.82) is 0 Å². The lowest BCUT2D eigenvalue weighted by atomic mass is 10.1. The molecule has 100 valence electrons. The molecule has 1 aromatic heterocycles. The topological polar surface area (TPSA) is 29.1 Å². The molecule has 1 heterocycles. The zero-order valence-electron chi connectivity index (χ0n) is 9.29. The molecule has 2 aromatic rings. The number of thiophene rings is 1. The van der Waals surface area contributed by atoms with E-state index in [1.807, 2.05) is 0 Å². The number of carbonyl (C=O) groups excluding carboxylic acids is 1. The van der Waals surface area contributed by atoms with Crippen molar-refractivity contribution in [3.63, 3.8) is 0 Å². The van der Waals surface area contributed by atoms with Crippen molar-refractivity contribution < 1.29 is 18.0 Å². The SMILES string of the molecule is O=C(Nc1ccsc1)c1ccc(Br)cc1C(F)(F)F. The Morgan fingerprint density at radius 2 is 2.00 bits per heavy atom. The van der Waals surface area contributed by atoms with E-state index in [-0.39, 0.29) is 4.47 Å². The summed E-state index contributed by atoms with van der Waals surface area (Å²) in [5, 5.41) is 5.79. The molecule has 19 heavy (non-hydrogen) atoms. The normalized spacial score (nSPS) is 11.4. The molecule has 0 bridgehead atoms. The number of alkyl halides is 3. The zero-order valence-corrected chi connectivity index (χ0v) is 11.7. The number of rotatable bonds is 2. The number of hydrogen-bond acceptors (Lipinski definition) is 2. The Kier molecular flexibility index (Phi) is 3.96. The number of carbonyl (C=O) groups is 1. The van der Waals surface area contributed by atoms with Crippen LogP contribution in [0.15, 0.2) is 39.5 Å². The van der Waals surface area contributed by atoms with Crippen molar-refractivity contribution in [3.05, 3.63) is 50.6 Å². The van der Waals surface area contributed by atoms with Crippen molar-refractivity contribution in [1.82, 2.24) is 0 Å². The fraction of sp³-hybridized carbons (Fsp3) is 0.0833. The second-order valence-corrected chi connectivity index (χ2v) is 5.35. The number of nitrogens with one attached hydrogen (secondary N) is 1. The summed E-state index contributed by atoms with van der Waals surface area (Å²) in [5.74, 6) is -0.779. The Hall–Kier alpha value is -1.34. The summed E-state index contributed by atoms with van der Waals surface area (Å²) >= 11 is 4.31. The van der Waals surface area contributed by atoms with Crippen LogP contribution in [0, 0.1) is 0 Å². The third-order valence-electron chi connectivity index (χ3n) is 2.31. The molecule has 2 rings (SSSR count). The van der Waals surface area contributed by atoms with Gasteiger partial charge in [0.25, 0.3) is 5.91 Å². The summed E-state index contributed by atoms with van der Waals surface area (Å²) in [7, 11) is 0. The van der Waals surface area contributed by atoms with E-state index in [9.17, 15) is 18.0 Å². The fourth-order valence-corrected chi connectivity index (χ4v) is 2.43. The molecular weight excluding hydrogens is 343 g/mol. The molecule has 0 fully saturated rings. The van der Waals surface area contributed by atoms with E-state index < -0.39 is 23.2 Å². The highest BCUT2D eigenvalue weighted by Crippen LogP contribution is 2.34. The fourth-order valence-electron chi connectivity index (χ4n) is 1.48. The van der Waals surface area contributed by atoms with Gasteiger partial charge in [-0.3, -0.25) is 4.79 Å². The van der Waals surface area contributed by atoms with Crippen molar-refractivity contribution in [2.24, 2.45) is 0 Å². The van der Waals surface area contributed by atoms with Crippen LogP contribution >= 0.6 is 27.3 Å². The molecule has 0 aliphatic rings. The summed E-state index contributed by atoms with van der Waals surface area (Å²) < 4.78 is 38.9. The first kappa shape index (κ1) is 14.1. The lowest BCUT2D eigenvalue weighted by molar-refractivity contribution is -0.137. The van der Waals surface area contributed by atoms with E-state index in [0.717, 1.165) is 12.1 Å². The first-order chi connectivity index (χ1) is 8.88. The molecule has 1 aromatic carbocycles. The zero-order chi connectivity index (χ0) is 14.0. The predicted molar refractivity (Wildman–Crippen MR) is 71.4 cm³/mol. The summed E-state index contributed by atoms with van der Waals surface area (Å²) in [6, 6.07) is 5.06. The summed E-state index contributed by atoms with van der Waals surface area (Å²) in [6.07, 6.45) is -4.58. The van der Waals surface area contributed by atoms with Gasteiger partial charge in [-0.25, -0.2) is 0 Å². The van der Waals surface area contributed by atoms with E-state index >= 15 is 0 Å². The summed E-state index contributed by atoms with van der Waals surface area (Å²) in [6.45, 7) is 0. The molecule has 0 aliphatic heterocycles. The molecule has 0 radical (unpaired) electrons. The van der Waals surface area contributed by atoms with Crippen molar-refractivity contribution in [2.75, 3.05) is 5.32 Å². The summed E-state index contributed by atoms with van der Waals surface area (Å²) in [5.41, 5.74) is -0.887. The van der Waals surface area contributed by atoms with E-state index in [1.54, 1.807) is 16.8 Å². The minimum atomic E-state index is -4.58. The Morgan fingerprint density at radius 1 is 1.26 bits per heavy atom. The molecule has 7 heteroatoms. The van der Waals surface area contributed by atoms with Gasteiger partial charge in [0, 0.05) is 9.85 Å². The minimum Gasteiger partial charge on any atom is -0.321 e. The van der Waals surface area contributed by atoms with Gasteiger partial charge in [0.2, 0.25) is 0 Å². The van der Waals surface area contributed by atoms with E-state index in [0.29, 0.717) is 5.69 Å². The van der Waals surface area contributed by atoms with Crippen LogP contribution in [0.25, 0.3) is 0 Å². The average Bonchev–Trinajstić information content (AvgIpc) is 2.80. The number of anilines is 1. The second-order valence-electron chi connectivity index (χ2n) is 3.65. The third-order valence-corrected chi connectivity index (χ3v) is 3.49. The highest BCUT2D eigenvalue weighted by molar-refractivity contribution is 9.10. The van der Waals surface area contributed by atoms with Crippen LogP contribution in [0.2, 0.25) is 0 Å². The van der Waals surface area contributed by atoms with Crippen LogP contribution < -0.4 is 5.32 Å². The molecule has 1 amide bonds. The van der Waals surface area contributed by atoms with Crippen LogP contribution in [0.5, 0.6) is 0 Å². The standard InChI is InChI=1S/C12H7BrF3NOS/c13-7-1-2-9(10(5-7)12(14,15)16)11(18)17-8-3-4-19-6-8/h1-6H,(H,17,18). The molecule has 0 saturated carbocycles. The minimum absolute atomic E-state index is 0.270. The van der Waals surface area contributed by atoms with Crippen LogP contribution in [-0.4, -0.2) is 5.91 Å². The monoisotopic (exact) mass is 349 g/mol. The first-order valence-electron chi connectivity index (χ1n) is 5.08. The maximum absolute atomic E-state index is 12.9. The quantitative estimate of drug-likeness (QED) is 0.830. The van der Waals surface area contributed by atoms with Gasteiger partial charge in [-0.05, 0) is 29.6 Å². The van der Waals surface area contributed by atoms with Crippen LogP contribution in [0.4, 0.5) is 18.9 Å². The second kappa shape index (κ2) is 5.34. The lowest BCUT2D eigenvalue weighted by Crippen LogP contribution is -2.18. The molecule has 0 aliphatic carbocycles. The van der Waals surface area contributed by atoms with Crippen molar-refractivity contribution in [2.45, 2.75) is 6.18 Å². The molecule has 0 spiro atoms. The van der Waals surface area contributed by atoms with E-state index in [2.05, 4.69) is 21.2 Å². The Morgan fingerprint density at radius 3 is 2.58 bits per heavy atom. The van der Waals surface area contributed by atoms with Gasteiger partial charge in [-0.15, -0.1) is 0 Å².